The predicted molar refractivity (Wildman–Crippen MR) is 136 cm³/mol. The van der Waals surface area contributed by atoms with Crippen molar-refractivity contribution in [3.05, 3.63) is 94.8 Å². The molecular formula is C28H26N4O4. The number of methoxy groups -OCH3 is 3. The molecule has 0 radical (unpaired) electrons. The topological polar surface area (TPSA) is 79.7 Å². The van der Waals surface area contributed by atoms with E-state index in [1.807, 2.05) is 41.1 Å². The SMILES string of the molecule is COc1cc(C2Oc3ccc(C)cc3C3=C2C(c2ccccc2)n2ncnc2N3)cc(OC)c1OC. The van der Waals surface area contributed by atoms with Gasteiger partial charge < -0.3 is 24.3 Å². The Kier molecular flexibility index (Phi) is 5.29. The maximum absolute atomic E-state index is 6.75. The van der Waals surface area contributed by atoms with Crippen molar-refractivity contribution in [1.29, 1.82) is 0 Å². The molecule has 2 aliphatic rings. The molecule has 3 aromatic carbocycles. The van der Waals surface area contributed by atoms with Gasteiger partial charge in [-0.2, -0.15) is 10.1 Å². The van der Waals surface area contributed by atoms with E-state index in [0.29, 0.717) is 23.2 Å². The first-order chi connectivity index (χ1) is 17.6. The van der Waals surface area contributed by atoms with Gasteiger partial charge in [0.15, 0.2) is 11.5 Å². The number of nitrogens with zero attached hydrogens (tertiary/aromatic N) is 3. The van der Waals surface area contributed by atoms with Gasteiger partial charge in [-0.3, -0.25) is 0 Å². The summed E-state index contributed by atoms with van der Waals surface area (Å²) < 4.78 is 25.6. The van der Waals surface area contributed by atoms with E-state index in [1.165, 1.54) is 0 Å². The van der Waals surface area contributed by atoms with E-state index in [1.54, 1.807) is 27.7 Å². The smallest absolute Gasteiger partial charge is 0.226 e. The number of aromatic nitrogens is 3. The molecule has 0 fully saturated rings. The van der Waals surface area contributed by atoms with Gasteiger partial charge in [0.1, 0.15) is 24.2 Å². The third kappa shape index (κ3) is 3.37. The van der Waals surface area contributed by atoms with Gasteiger partial charge >= 0.3 is 0 Å². The van der Waals surface area contributed by atoms with E-state index in [2.05, 4.69) is 46.6 Å². The molecule has 2 aliphatic heterocycles. The Morgan fingerprint density at radius 1 is 0.889 bits per heavy atom. The van der Waals surface area contributed by atoms with Gasteiger partial charge in [0.2, 0.25) is 11.7 Å². The molecule has 2 unspecified atom stereocenters. The molecule has 0 spiro atoms. The Bertz CT molecular complexity index is 1450. The summed E-state index contributed by atoms with van der Waals surface area (Å²) in [4.78, 5) is 4.50. The average Bonchev–Trinajstić information content (AvgIpc) is 3.39. The fourth-order valence-electron chi connectivity index (χ4n) is 5.07. The molecule has 4 aromatic rings. The van der Waals surface area contributed by atoms with E-state index >= 15 is 0 Å². The molecule has 0 aliphatic carbocycles. The highest BCUT2D eigenvalue weighted by Gasteiger charge is 2.41. The van der Waals surface area contributed by atoms with Gasteiger partial charge in [-0.25, -0.2) is 4.68 Å². The second kappa shape index (κ2) is 8.64. The van der Waals surface area contributed by atoms with Gasteiger partial charge in [-0.15, -0.1) is 0 Å². The number of ether oxygens (including phenoxy) is 4. The summed E-state index contributed by atoms with van der Waals surface area (Å²) in [5, 5.41) is 8.13. The molecule has 0 bridgehead atoms. The molecule has 182 valence electrons. The Hall–Kier alpha value is -4.46. The van der Waals surface area contributed by atoms with Gasteiger partial charge in [-0.05, 0) is 36.8 Å². The van der Waals surface area contributed by atoms with Crippen molar-refractivity contribution in [3.8, 4) is 23.0 Å². The lowest BCUT2D eigenvalue weighted by Crippen LogP contribution is -2.32. The van der Waals surface area contributed by atoms with Crippen LogP contribution in [0.1, 0.15) is 34.4 Å². The zero-order valence-electron chi connectivity index (χ0n) is 20.5. The monoisotopic (exact) mass is 482 g/mol. The summed E-state index contributed by atoms with van der Waals surface area (Å²) in [6, 6.07) is 20.1. The van der Waals surface area contributed by atoms with E-state index in [0.717, 1.165) is 39.3 Å². The Morgan fingerprint density at radius 3 is 2.33 bits per heavy atom. The van der Waals surface area contributed by atoms with Crippen molar-refractivity contribution in [2.24, 2.45) is 0 Å². The number of rotatable bonds is 5. The first kappa shape index (κ1) is 22.0. The Balaban J connectivity index is 1.63. The number of hydrogen-bond donors (Lipinski definition) is 1. The highest BCUT2D eigenvalue weighted by Crippen LogP contribution is 2.52. The quantitative estimate of drug-likeness (QED) is 0.420. The fraction of sp³-hybridized carbons (Fsp3) is 0.214. The molecule has 8 nitrogen and oxygen atoms in total. The lowest BCUT2D eigenvalue weighted by atomic mass is 9.84. The number of hydrogen-bond acceptors (Lipinski definition) is 7. The lowest BCUT2D eigenvalue weighted by Gasteiger charge is -2.39. The van der Waals surface area contributed by atoms with Gasteiger partial charge in [0.25, 0.3) is 0 Å². The number of fused-ring (bicyclic) bond motifs is 3. The Labute approximate surface area is 209 Å². The maximum atomic E-state index is 6.75. The van der Waals surface area contributed by atoms with E-state index < -0.39 is 6.10 Å². The summed E-state index contributed by atoms with van der Waals surface area (Å²) in [7, 11) is 4.82. The normalized spacial score (nSPS) is 17.8. The molecule has 36 heavy (non-hydrogen) atoms. The van der Waals surface area contributed by atoms with Crippen molar-refractivity contribution in [2.45, 2.75) is 19.1 Å². The minimum atomic E-state index is -0.459. The van der Waals surface area contributed by atoms with Gasteiger partial charge in [-0.1, -0.05) is 42.0 Å². The predicted octanol–water partition coefficient (Wildman–Crippen LogP) is 5.17. The van der Waals surface area contributed by atoms with Crippen LogP contribution in [0.4, 0.5) is 5.95 Å². The Morgan fingerprint density at radius 2 is 1.64 bits per heavy atom. The largest absolute Gasteiger partial charge is 0.493 e. The van der Waals surface area contributed by atoms with Crippen LogP contribution < -0.4 is 24.3 Å². The van der Waals surface area contributed by atoms with Crippen LogP contribution in [0.25, 0.3) is 5.70 Å². The molecule has 3 heterocycles. The van der Waals surface area contributed by atoms with Crippen LogP contribution in [0, 0.1) is 6.92 Å². The zero-order chi connectivity index (χ0) is 24.8. The first-order valence-corrected chi connectivity index (χ1v) is 11.7. The summed E-state index contributed by atoms with van der Waals surface area (Å²) in [5.41, 5.74) is 6.06. The van der Waals surface area contributed by atoms with E-state index in [-0.39, 0.29) is 6.04 Å². The number of aryl methyl sites for hydroxylation is 1. The molecule has 0 amide bonds. The molecule has 1 aromatic heterocycles. The third-order valence-corrected chi connectivity index (χ3v) is 6.67. The fourth-order valence-corrected chi connectivity index (χ4v) is 5.07. The minimum Gasteiger partial charge on any atom is -0.493 e. The lowest BCUT2D eigenvalue weighted by molar-refractivity contribution is 0.221. The van der Waals surface area contributed by atoms with Crippen molar-refractivity contribution < 1.29 is 18.9 Å². The molecule has 6 rings (SSSR count). The highest BCUT2D eigenvalue weighted by atomic mass is 16.5. The first-order valence-electron chi connectivity index (χ1n) is 11.7. The van der Waals surface area contributed by atoms with E-state index in [4.69, 9.17) is 18.9 Å². The zero-order valence-corrected chi connectivity index (χ0v) is 20.5. The highest BCUT2D eigenvalue weighted by molar-refractivity contribution is 5.85. The number of nitrogens with one attached hydrogen (secondary N) is 1. The molecule has 0 saturated heterocycles. The second-order valence-corrected chi connectivity index (χ2v) is 8.75. The molecule has 2 atom stereocenters. The molecule has 8 heteroatoms. The van der Waals surface area contributed by atoms with Crippen LogP contribution >= 0.6 is 0 Å². The van der Waals surface area contributed by atoms with Crippen LogP contribution in [0.5, 0.6) is 23.0 Å². The van der Waals surface area contributed by atoms with Crippen molar-refractivity contribution in [1.82, 2.24) is 14.8 Å². The summed E-state index contributed by atoms with van der Waals surface area (Å²) >= 11 is 0. The second-order valence-electron chi connectivity index (χ2n) is 8.75. The van der Waals surface area contributed by atoms with Crippen molar-refractivity contribution in [2.75, 3.05) is 26.6 Å². The van der Waals surface area contributed by atoms with Crippen LogP contribution in [0.2, 0.25) is 0 Å². The van der Waals surface area contributed by atoms with Gasteiger partial charge in [0.05, 0.1) is 27.0 Å². The standard InChI is InChI=1S/C28H26N4O4/c1-16-10-11-20-19(12-16)24-23(25(17-8-6-5-7-9-17)32-28(31-24)29-15-30-32)26(36-20)18-13-21(33-2)27(35-4)22(14-18)34-3/h5-15,25-26H,1-4H3,(H,29,30,31). The number of anilines is 1. The summed E-state index contributed by atoms with van der Waals surface area (Å²) in [5.74, 6) is 3.12. The summed E-state index contributed by atoms with van der Waals surface area (Å²) in [6.07, 6.45) is 1.11. The summed E-state index contributed by atoms with van der Waals surface area (Å²) in [6.45, 7) is 2.08. The molecule has 0 saturated carbocycles. The van der Waals surface area contributed by atoms with Crippen LogP contribution in [0.15, 0.2) is 72.6 Å². The van der Waals surface area contributed by atoms with Crippen molar-refractivity contribution >= 4 is 11.6 Å². The molecule has 1 N–H and O–H groups in total. The van der Waals surface area contributed by atoms with Crippen LogP contribution in [-0.2, 0) is 0 Å². The van der Waals surface area contributed by atoms with Crippen LogP contribution in [-0.4, -0.2) is 36.1 Å². The average molecular weight is 483 g/mol. The van der Waals surface area contributed by atoms with Crippen LogP contribution in [0.3, 0.4) is 0 Å². The van der Waals surface area contributed by atoms with Gasteiger partial charge in [0, 0.05) is 16.7 Å². The maximum Gasteiger partial charge on any atom is 0.226 e. The minimum absolute atomic E-state index is 0.238. The molecular weight excluding hydrogens is 456 g/mol. The van der Waals surface area contributed by atoms with E-state index in [9.17, 15) is 0 Å². The van der Waals surface area contributed by atoms with Crippen molar-refractivity contribution in [3.63, 3.8) is 0 Å². The third-order valence-electron chi connectivity index (χ3n) is 6.67. The number of benzene rings is 3.